The summed E-state index contributed by atoms with van der Waals surface area (Å²) in [5.41, 5.74) is 6.83. The number of carbonyl (C=O) groups excluding carboxylic acids is 3. The van der Waals surface area contributed by atoms with Crippen LogP contribution < -0.4 is 16.4 Å². The number of carbonyl (C=O) groups is 3. The minimum atomic E-state index is -0.713. The number of benzene rings is 1. The number of primary amides is 1. The van der Waals surface area contributed by atoms with Crippen molar-refractivity contribution in [3.05, 3.63) is 46.1 Å². The molecule has 2 aliphatic rings. The van der Waals surface area contributed by atoms with Crippen molar-refractivity contribution in [1.29, 1.82) is 0 Å². The zero-order valence-electron chi connectivity index (χ0n) is 16.2. The smallest absolute Gasteiger partial charge is 0.338 e. The molecule has 0 aliphatic carbocycles. The number of hydrogen-bond acceptors (Lipinski definition) is 5. The van der Waals surface area contributed by atoms with Crippen LogP contribution in [0, 0.1) is 5.92 Å². The van der Waals surface area contributed by atoms with Gasteiger partial charge in [0.2, 0.25) is 5.91 Å². The van der Waals surface area contributed by atoms with E-state index in [0.717, 1.165) is 0 Å². The van der Waals surface area contributed by atoms with Crippen LogP contribution in [0.4, 0.5) is 4.79 Å². The van der Waals surface area contributed by atoms with Crippen LogP contribution in [0.5, 0.6) is 0 Å². The molecule has 0 unspecified atom stereocenters. The maximum absolute atomic E-state index is 12.8. The van der Waals surface area contributed by atoms with Gasteiger partial charge in [0.1, 0.15) is 0 Å². The monoisotopic (exact) mass is 420 g/mol. The van der Waals surface area contributed by atoms with Crippen LogP contribution in [0.1, 0.15) is 31.4 Å². The number of piperidine rings is 1. The minimum Gasteiger partial charge on any atom is -0.463 e. The molecule has 0 radical (unpaired) electrons. The van der Waals surface area contributed by atoms with Crippen molar-refractivity contribution in [2.75, 3.05) is 26.2 Å². The van der Waals surface area contributed by atoms with Crippen LogP contribution >= 0.6 is 11.6 Å². The summed E-state index contributed by atoms with van der Waals surface area (Å²) in [6.45, 7) is 3.59. The van der Waals surface area contributed by atoms with Crippen molar-refractivity contribution < 1.29 is 19.1 Å². The van der Waals surface area contributed by atoms with Gasteiger partial charge in [0.15, 0.2) is 0 Å². The highest BCUT2D eigenvalue weighted by atomic mass is 35.5. The maximum Gasteiger partial charge on any atom is 0.338 e. The molecule has 3 rings (SSSR count). The number of likely N-dealkylation sites (tertiary alicyclic amines) is 1. The number of halogens is 1. The first-order chi connectivity index (χ1) is 13.9. The molecule has 156 valence electrons. The van der Waals surface area contributed by atoms with Gasteiger partial charge in [-0.1, -0.05) is 29.8 Å². The van der Waals surface area contributed by atoms with E-state index >= 15 is 0 Å². The fourth-order valence-corrected chi connectivity index (χ4v) is 3.98. The molecule has 3 amide bonds. The molecule has 4 N–H and O–H groups in total. The van der Waals surface area contributed by atoms with Gasteiger partial charge in [0, 0.05) is 23.2 Å². The lowest BCUT2D eigenvalue weighted by Crippen LogP contribution is -2.49. The molecule has 0 spiro atoms. The molecule has 1 fully saturated rings. The van der Waals surface area contributed by atoms with Crippen LogP contribution in [0.2, 0.25) is 5.02 Å². The number of rotatable bonds is 6. The first-order valence-corrected chi connectivity index (χ1v) is 10.0. The van der Waals surface area contributed by atoms with Gasteiger partial charge in [-0.25, -0.2) is 9.59 Å². The third kappa shape index (κ3) is 4.89. The van der Waals surface area contributed by atoms with E-state index in [0.29, 0.717) is 54.3 Å². The van der Waals surface area contributed by atoms with Gasteiger partial charge in [-0.2, -0.15) is 0 Å². The zero-order chi connectivity index (χ0) is 21.0. The summed E-state index contributed by atoms with van der Waals surface area (Å²) < 4.78 is 5.27. The summed E-state index contributed by atoms with van der Waals surface area (Å²) in [5, 5.41) is 5.99. The van der Waals surface area contributed by atoms with Crippen molar-refractivity contribution in [2.24, 2.45) is 11.7 Å². The Morgan fingerprint density at radius 3 is 2.59 bits per heavy atom. The van der Waals surface area contributed by atoms with E-state index in [-0.39, 0.29) is 18.4 Å². The van der Waals surface area contributed by atoms with E-state index in [4.69, 9.17) is 22.1 Å². The lowest BCUT2D eigenvalue weighted by Gasteiger charge is -2.35. The molecule has 2 heterocycles. The molecule has 0 bridgehead atoms. The molecule has 2 aliphatic heterocycles. The van der Waals surface area contributed by atoms with Crippen molar-refractivity contribution in [2.45, 2.75) is 25.8 Å². The predicted molar refractivity (Wildman–Crippen MR) is 108 cm³/mol. The fourth-order valence-electron chi connectivity index (χ4n) is 3.73. The van der Waals surface area contributed by atoms with E-state index < -0.39 is 18.0 Å². The third-order valence-electron chi connectivity index (χ3n) is 5.24. The fraction of sp³-hybridized carbons (Fsp3) is 0.450. The van der Waals surface area contributed by atoms with Crippen LogP contribution in [0.15, 0.2) is 35.5 Å². The van der Waals surface area contributed by atoms with Gasteiger partial charge < -0.3 is 21.1 Å². The largest absolute Gasteiger partial charge is 0.463 e. The average molecular weight is 421 g/mol. The number of amides is 3. The van der Waals surface area contributed by atoms with E-state index in [1.807, 2.05) is 0 Å². The lowest BCUT2D eigenvalue weighted by molar-refractivity contribution is -0.139. The van der Waals surface area contributed by atoms with Gasteiger partial charge in [-0.05, 0) is 44.5 Å². The van der Waals surface area contributed by atoms with Crippen LogP contribution in [0.25, 0.3) is 0 Å². The molecule has 0 aromatic heterocycles. The zero-order valence-corrected chi connectivity index (χ0v) is 17.0. The highest BCUT2D eigenvalue weighted by Crippen LogP contribution is 2.32. The molecular formula is C20H25ClN4O4. The summed E-state index contributed by atoms with van der Waals surface area (Å²) >= 11 is 6.34. The van der Waals surface area contributed by atoms with E-state index in [2.05, 4.69) is 15.5 Å². The highest BCUT2D eigenvalue weighted by molar-refractivity contribution is 6.31. The first kappa shape index (κ1) is 21.1. The maximum atomic E-state index is 12.8. The van der Waals surface area contributed by atoms with Crippen molar-refractivity contribution in [3.63, 3.8) is 0 Å². The molecule has 1 saturated heterocycles. The SMILES string of the molecule is CCOC(=O)C1=C(CN2CCC(C(N)=O)CC2)NC(=O)N[C@H]1c1ccccc1Cl. The molecule has 0 saturated carbocycles. The Morgan fingerprint density at radius 2 is 1.97 bits per heavy atom. The second-order valence-corrected chi connectivity index (χ2v) is 7.53. The minimum absolute atomic E-state index is 0.136. The van der Waals surface area contributed by atoms with E-state index in [9.17, 15) is 14.4 Å². The quantitative estimate of drug-likeness (QED) is 0.606. The Bertz CT molecular complexity index is 834. The Hall–Kier alpha value is -2.58. The standard InChI is InChI=1S/C20H25ClN4O4/c1-2-29-19(27)16-15(11-25-9-7-12(8-10-25)18(22)26)23-20(28)24-17(16)13-5-3-4-6-14(13)21/h3-6,12,17H,2,7-11H2,1H3,(H2,22,26)(H2,23,24,28)/t17-/m0/s1. The topological polar surface area (TPSA) is 114 Å². The molecule has 8 nitrogen and oxygen atoms in total. The Balaban J connectivity index is 1.92. The Kier molecular flexibility index (Phi) is 6.76. The van der Waals surface area contributed by atoms with Crippen molar-refractivity contribution in [1.82, 2.24) is 15.5 Å². The second kappa shape index (κ2) is 9.28. The normalized spacial score (nSPS) is 20.8. The number of esters is 1. The second-order valence-electron chi connectivity index (χ2n) is 7.12. The Morgan fingerprint density at radius 1 is 1.28 bits per heavy atom. The number of hydrogen-bond donors (Lipinski definition) is 3. The number of urea groups is 1. The van der Waals surface area contributed by atoms with Gasteiger partial charge >= 0.3 is 12.0 Å². The number of nitrogens with one attached hydrogen (secondary N) is 2. The first-order valence-electron chi connectivity index (χ1n) is 9.64. The van der Waals surface area contributed by atoms with Crippen LogP contribution in [-0.2, 0) is 14.3 Å². The highest BCUT2D eigenvalue weighted by Gasteiger charge is 2.35. The summed E-state index contributed by atoms with van der Waals surface area (Å²) in [6.07, 6.45) is 1.30. The van der Waals surface area contributed by atoms with Crippen LogP contribution in [0.3, 0.4) is 0 Å². The summed E-state index contributed by atoms with van der Waals surface area (Å²) in [4.78, 5) is 38.6. The van der Waals surface area contributed by atoms with Gasteiger partial charge in [-0.15, -0.1) is 0 Å². The summed E-state index contributed by atoms with van der Waals surface area (Å²) in [5.74, 6) is -0.930. The van der Waals surface area contributed by atoms with Crippen LogP contribution in [-0.4, -0.2) is 49.0 Å². The number of nitrogens with zero attached hydrogens (tertiary/aromatic N) is 1. The van der Waals surface area contributed by atoms with E-state index in [1.54, 1.807) is 31.2 Å². The molecule has 9 heteroatoms. The number of ether oxygens (including phenoxy) is 1. The lowest BCUT2D eigenvalue weighted by atomic mass is 9.93. The average Bonchev–Trinajstić information content (AvgIpc) is 2.68. The molecule has 1 aromatic carbocycles. The molecule has 1 aromatic rings. The molecular weight excluding hydrogens is 396 g/mol. The summed E-state index contributed by atoms with van der Waals surface area (Å²) in [6, 6.07) is 5.94. The Labute approximate surface area is 174 Å². The number of nitrogens with two attached hydrogens (primary N) is 1. The molecule has 1 atom stereocenters. The van der Waals surface area contributed by atoms with Crippen molar-refractivity contribution in [3.8, 4) is 0 Å². The van der Waals surface area contributed by atoms with Gasteiger partial charge in [-0.3, -0.25) is 9.69 Å². The van der Waals surface area contributed by atoms with Gasteiger partial charge in [0.05, 0.1) is 18.2 Å². The van der Waals surface area contributed by atoms with E-state index in [1.165, 1.54) is 0 Å². The molecule has 29 heavy (non-hydrogen) atoms. The van der Waals surface area contributed by atoms with Crippen molar-refractivity contribution >= 4 is 29.5 Å². The third-order valence-corrected chi connectivity index (χ3v) is 5.58. The summed E-state index contributed by atoms with van der Waals surface area (Å²) in [7, 11) is 0. The predicted octanol–water partition coefficient (Wildman–Crippen LogP) is 1.71. The van der Waals surface area contributed by atoms with Gasteiger partial charge in [0.25, 0.3) is 0 Å².